The molecule has 0 aliphatic rings. The SMILES string of the molecule is Cc1ccc2cccc(OC(F)(F)F)c2n1. The molecule has 0 saturated heterocycles. The van der Waals surface area contributed by atoms with Gasteiger partial charge in [-0.1, -0.05) is 18.2 Å². The van der Waals surface area contributed by atoms with Crippen LogP contribution in [0.1, 0.15) is 5.69 Å². The number of halogens is 3. The lowest BCUT2D eigenvalue weighted by Gasteiger charge is -2.10. The van der Waals surface area contributed by atoms with E-state index in [1.165, 1.54) is 12.1 Å². The molecule has 0 N–H and O–H groups in total. The summed E-state index contributed by atoms with van der Waals surface area (Å²) < 4.78 is 40.3. The van der Waals surface area contributed by atoms with E-state index >= 15 is 0 Å². The highest BCUT2D eigenvalue weighted by Crippen LogP contribution is 2.29. The zero-order chi connectivity index (χ0) is 11.8. The van der Waals surface area contributed by atoms with E-state index in [0.717, 1.165) is 0 Å². The van der Waals surface area contributed by atoms with E-state index in [1.807, 2.05) is 0 Å². The number of rotatable bonds is 1. The molecular formula is C11H8F3NO. The summed E-state index contributed by atoms with van der Waals surface area (Å²) in [5.41, 5.74) is 0.866. The monoisotopic (exact) mass is 227 g/mol. The smallest absolute Gasteiger partial charge is 0.403 e. The maximum atomic E-state index is 12.1. The van der Waals surface area contributed by atoms with Gasteiger partial charge >= 0.3 is 6.36 Å². The van der Waals surface area contributed by atoms with E-state index in [0.29, 0.717) is 11.1 Å². The first-order valence-corrected chi connectivity index (χ1v) is 4.58. The van der Waals surface area contributed by atoms with Crippen LogP contribution in [-0.4, -0.2) is 11.3 Å². The Kier molecular flexibility index (Phi) is 2.46. The lowest BCUT2D eigenvalue weighted by Crippen LogP contribution is -2.17. The molecule has 0 fully saturated rings. The van der Waals surface area contributed by atoms with Crippen molar-refractivity contribution in [3.63, 3.8) is 0 Å². The summed E-state index contributed by atoms with van der Waals surface area (Å²) >= 11 is 0. The number of fused-ring (bicyclic) bond motifs is 1. The van der Waals surface area contributed by atoms with E-state index in [2.05, 4.69) is 9.72 Å². The highest BCUT2D eigenvalue weighted by Gasteiger charge is 2.31. The topological polar surface area (TPSA) is 22.1 Å². The first-order chi connectivity index (χ1) is 7.46. The maximum Gasteiger partial charge on any atom is 0.573 e. The number of aromatic nitrogens is 1. The molecule has 0 aliphatic heterocycles. The fraction of sp³-hybridized carbons (Fsp3) is 0.182. The zero-order valence-electron chi connectivity index (χ0n) is 8.38. The van der Waals surface area contributed by atoms with Gasteiger partial charge in [-0.2, -0.15) is 0 Å². The Morgan fingerprint density at radius 2 is 1.88 bits per heavy atom. The molecule has 0 bridgehead atoms. The van der Waals surface area contributed by atoms with Gasteiger partial charge in [0.25, 0.3) is 0 Å². The molecule has 0 amide bonds. The van der Waals surface area contributed by atoms with Gasteiger partial charge in [-0.15, -0.1) is 13.2 Å². The molecule has 5 heteroatoms. The standard InChI is InChI=1S/C11H8F3NO/c1-7-5-6-8-3-2-4-9(10(8)15-7)16-11(12,13)14/h2-6H,1H3. The number of pyridine rings is 1. The second-order valence-corrected chi connectivity index (χ2v) is 3.33. The number of benzene rings is 1. The molecule has 2 aromatic rings. The van der Waals surface area contributed by atoms with Crippen molar-refractivity contribution in [2.24, 2.45) is 0 Å². The van der Waals surface area contributed by atoms with Gasteiger partial charge in [0, 0.05) is 11.1 Å². The minimum absolute atomic E-state index is 0.222. The molecule has 1 aromatic carbocycles. The van der Waals surface area contributed by atoms with E-state index in [1.54, 1.807) is 25.1 Å². The predicted octanol–water partition coefficient (Wildman–Crippen LogP) is 3.44. The van der Waals surface area contributed by atoms with Gasteiger partial charge in [0.1, 0.15) is 5.52 Å². The van der Waals surface area contributed by atoms with Gasteiger partial charge in [-0.05, 0) is 19.1 Å². The van der Waals surface area contributed by atoms with Crippen molar-refractivity contribution in [3.8, 4) is 5.75 Å². The number of alkyl halides is 3. The van der Waals surface area contributed by atoms with Crippen LogP contribution in [0, 0.1) is 6.92 Å². The quantitative estimate of drug-likeness (QED) is 0.744. The summed E-state index contributed by atoms with van der Waals surface area (Å²) in [5, 5.41) is 0.618. The summed E-state index contributed by atoms with van der Waals surface area (Å²) in [7, 11) is 0. The fourth-order valence-electron chi connectivity index (χ4n) is 1.42. The molecule has 0 radical (unpaired) electrons. The number of nitrogens with zero attached hydrogens (tertiary/aromatic N) is 1. The highest BCUT2D eigenvalue weighted by atomic mass is 19.4. The Balaban J connectivity index is 2.56. The van der Waals surface area contributed by atoms with Crippen molar-refractivity contribution in [1.29, 1.82) is 0 Å². The number of para-hydroxylation sites is 1. The third kappa shape index (κ3) is 2.24. The average molecular weight is 227 g/mol. The average Bonchev–Trinajstić information content (AvgIpc) is 2.17. The predicted molar refractivity (Wildman–Crippen MR) is 53.2 cm³/mol. The second kappa shape index (κ2) is 3.66. The second-order valence-electron chi connectivity index (χ2n) is 3.33. The van der Waals surface area contributed by atoms with Crippen LogP contribution in [0.5, 0.6) is 5.75 Å². The summed E-state index contributed by atoms with van der Waals surface area (Å²) in [4.78, 5) is 4.03. The fourth-order valence-corrected chi connectivity index (χ4v) is 1.42. The Bertz CT molecular complexity index is 522. The van der Waals surface area contributed by atoms with Gasteiger partial charge in [0.05, 0.1) is 0 Å². The molecule has 2 rings (SSSR count). The molecule has 0 saturated carbocycles. The van der Waals surface area contributed by atoms with Crippen molar-refractivity contribution < 1.29 is 17.9 Å². The van der Waals surface area contributed by atoms with E-state index in [9.17, 15) is 13.2 Å². The number of hydrogen-bond acceptors (Lipinski definition) is 2. The van der Waals surface area contributed by atoms with Crippen LogP contribution >= 0.6 is 0 Å². The van der Waals surface area contributed by atoms with E-state index in [-0.39, 0.29) is 11.3 Å². The molecule has 0 atom stereocenters. The van der Waals surface area contributed by atoms with Gasteiger partial charge in [-0.3, -0.25) is 0 Å². The Morgan fingerprint density at radius 3 is 2.56 bits per heavy atom. The summed E-state index contributed by atoms with van der Waals surface area (Å²) in [6.07, 6.45) is -4.69. The van der Waals surface area contributed by atoms with Gasteiger partial charge in [0.15, 0.2) is 5.75 Å². The molecule has 1 heterocycles. The third-order valence-corrected chi connectivity index (χ3v) is 2.05. The number of hydrogen-bond donors (Lipinski definition) is 0. The number of aryl methyl sites for hydroxylation is 1. The maximum absolute atomic E-state index is 12.1. The molecule has 84 valence electrons. The Labute approximate surface area is 89.7 Å². The minimum Gasteiger partial charge on any atom is -0.403 e. The van der Waals surface area contributed by atoms with Gasteiger partial charge in [-0.25, -0.2) is 4.98 Å². The van der Waals surface area contributed by atoms with Crippen molar-refractivity contribution in [2.75, 3.05) is 0 Å². The molecule has 0 unspecified atom stereocenters. The van der Waals surface area contributed by atoms with Crippen LogP contribution in [0.25, 0.3) is 10.9 Å². The summed E-state index contributed by atoms with van der Waals surface area (Å²) in [6, 6.07) is 7.88. The zero-order valence-corrected chi connectivity index (χ0v) is 8.38. The van der Waals surface area contributed by atoms with Crippen LogP contribution in [0.3, 0.4) is 0 Å². The molecule has 2 nitrogen and oxygen atoms in total. The molecular weight excluding hydrogens is 219 g/mol. The van der Waals surface area contributed by atoms with Crippen LogP contribution in [0.4, 0.5) is 13.2 Å². The van der Waals surface area contributed by atoms with E-state index < -0.39 is 6.36 Å². The third-order valence-electron chi connectivity index (χ3n) is 2.05. The lowest BCUT2D eigenvalue weighted by atomic mass is 10.2. The Hall–Kier alpha value is -1.78. The van der Waals surface area contributed by atoms with Crippen molar-refractivity contribution in [3.05, 3.63) is 36.0 Å². The molecule has 0 aliphatic carbocycles. The summed E-state index contributed by atoms with van der Waals surface area (Å²) in [6.45, 7) is 1.71. The normalized spacial score (nSPS) is 11.8. The summed E-state index contributed by atoms with van der Waals surface area (Å²) in [5.74, 6) is -0.270. The molecule has 1 aromatic heterocycles. The van der Waals surface area contributed by atoms with Crippen molar-refractivity contribution >= 4 is 10.9 Å². The molecule has 16 heavy (non-hydrogen) atoms. The van der Waals surface area contributed by atoms with E-state index in [4.69, 9.17) is 0 Å². The van der Waals surface area contributed by atoms with Crippen LogP contribution in [0.15, 0.2) is 30.3 Å². The Morgan fingerprint density at radius 1 is 1.12 bits per heavy atom. The largest absolute Gasteiger partial charge is 0.573 e. The van der Waals surface area contributed by atoms with Crippen LogP contribution in [-0.2, 0) is 0 Å². The first-order valence-electron chi connectivity index (χ1n) is 4.58. The van der Waals surface area contributed by atoms with Crippen molar-refractivity contribution in [1.82, 2.24) is 4.98 Å². The number of ether oxygens (including phenoxy) is 1. The van der Waals surface area contributed by atoms with Crippen LogP contribution in [0.2, 0.25) is 0 Å². The van der Waals surface area contributed by atoms with Gasteiger partial charge in [0.2, 0.25) is 0 Å². The minimum atomic E-state index is -4.69. The van der Waals surface area contributed by atoms with Crippen LogP contribution < -0.4 is 4.74 Å². The lowest BCUT2D eigenvalue weighted by molar-refractivity contribution is -0.274. The highest BCUT2D eigenvalue weighted by molar-refractivity contribution is 5.84. The first kappa shape index (κ1) is 10.7. The van der Waals surface area contributed by atoms with Gasteiger partial charge < -0.3 is 4.74 Å². The van der Waals surface area contributed by atoms with Crippen molar-refractivity contribution in [2.45, 2.75) is 13.3 Å². The molecule has 0 spiro atoms.